The largest absolute Gasteiger partial charge is 0.497 e. The summed E-state index contributed by atoms with van der Waals surface area (Å²) in [4.78, 5) is 25.2. The van der Waals surface area contributed by atoms with Gasteiger partial charge >= 0.3 is 6.03 Å². The van der Waals surface area contributed by atoms with Crippen molar-refractivity contribution in [1.29, 1.82) is 0 Å². The Morgan fingerprint density at radius 2 is 1.88 bits per heavy atom. The first-order chi connectivity index (χ1) is 11.6. The van der Waals surface area contributed by atoms with Gasteiger partial charge in [0.2, 0.25) is 0 Å². The van der Waals surface area contributed by atoms with Gasteiger partial charge < -0.3 is 14.8 Å². The molecule has 124 valence electrons. The van der Waals surface area contributed by atoms with E-state index in [1.54, 1.807) is 25.3 Å². The Labute approximate surface area is 140 Å². The SMILES string of the molecule is CCc1cccc(N2C(=O)CNC2=O)c1Oc1cccc(OC)c1. The van der Waals surface area contributed by atoms with Gasteiger partial charge in [0.25, 0.3) is 5.91 Å². The molecule has 0 aromatic heterocycles. The molecule has 1 saturated heterocycles. The van der Waals surface area contributed by atoms with Gasteiger partial charge in [-0.2, -0.15) is 0 Å². The van der Waals surface area contributed by atoms with E-state index in [0.29, 0.717) is 29.4 Å². The van der Waals surface area contributed by atoms with E-state index in [1.165, 1.54) is 0 Å². The van der Waals surface area contributed by atoms with Crippen LogP contribution in [0.2, 0.25) is 0 Å². The first-order valence-electron chi connectivity index (χ1n) is 7.68. The number of methoxy groups -OCH3 is 1. The van der Waals surface area contributed by atoms with Crippen molar-refractivity contribution >= 4 is 17.6 Å². The number of nitrogens with one attached hydrogen (secondary N) is 1. The molecule has 1 N–H and O–H groups in total. The molecular formula is C18H18N2O4. The second-order valence-corrected chi connectivity index (χ2v) is 5.29. The van der Waals surface area contributed by atoms with Crippen LogP contribution in [0.15, 0.2) is 42.5 Å². The predicted octanol–water partition coefficient (Wildman–Crippen LogP) is 3.11. The van der Waals surface area contributed by atoms with E-state index in [9.17, 15) is 9.59 Å². The van der Waals surface area contributed by atoms with Gasteiger partial charge in [-0.1, -0.05) is 25.1 Å². The zero-order chi connectivity index (χ0) is 17.1. The standard InChI is InChI=1S/C18H18N2O4/c1-3-12-6-4-9-15(20-16(21)11-19-18(20)22)17(12)24-14-8-5-7-13(10-14)23-2/h4-10H,3,11H2,1-2H3,(H,19,22). The van der Waals surface area contributed by atoms with Gasteiger partial charge in [0, 0.05) is 6.07 Å². The number of nitrogens with zero attached hydrogens (tertiary/aromatic N) is 1. The van der Waals surface area contributed by atoms with Crippen molar-refractivity contribution in [2.75, 3.05) is 18.6 Å². The lowest BCUT2D eigenvalue weighted by Crippen LogP contribution is -2.31. The number of para-hydroxylation sites is 1. The first-order valence-corrected chi connectivity index (χ1v) is 7.68. The molecule has 0 atom stereocenters. The molecule has 1 heterocycles. The molecule has 1 fully saturated rings. The fourth-order valence-electron chi connectivity index (χ4n) is 2.59. The monoisotopic (exact) mass is 326 g/mol. The number of urea groups is 1. The molecule has 2 aromatic rings. The third-order valence-electron chi connectivity index (χ3n) is 3.80. The lowest BCUT2D eigenvalue weighted by Gasteiger charge is -2.20. The average Bonchev–Trinajstić information content (AvgIpc) is 2.94. The van der Waals surface area contributed by atoms with Crippen LogP contribution in [0.4, 0.5) is 10.5 Å². The fourth-order valence-corrected chi connectivity index (χ4v) is 2.59. The van der Waals surface area contributed by atoms with E-state index in [1.807, 2.05) is 31.2 Å². The maximum atomic E-state index is 12.1. The molecule has 0 aliphatic carbocycles. The molecule has 0 bridgehead atoms. The minimum Gasteiger partial charge on any atom is -0.497 e. The number of imide groups is 1. The normalized spacial score (nSPS) is 13.8. The van der Waals surface area contributed by atoms with Crippen LogP contribution in [0.1, 0.15) is 12.5 Å². The van der Waals surface area contributed by atoms with Crippen LogP contribution in [0.25, 0.3) is 0 Å². The van der Waals surface area contributed by atoms with Crippen molar-refractivity contribution in [1.82, 2.24) is 5.32 Å². The van der Waals surface area contributed by atoms with E-state index in [-0.39, 0.29) is 12.5 Å². The minimum absolute atomic E-state index is 0.00616. The van der Waals surface area contributed by atoms with Crippen LogP contribution >= 0.6 is 0 Å². The Bertz CT molecular complexity index is 772. The van der Waals surface area contributed by atoms with E-state index in [2.05, 4.69) is 5.32 Å². The van der Waals surface area contributed by atoms with Gasteiger partial charge in [-0.3, -0.25) is 4.79 Å². The molecule has 6 nitrogen and oxygen atoms in total. The minimum atomic E-state index is -0.441. The zero-order valence-electron chi connectivity index (χ0n) is 13.5. The number of hydrogen-bond acceptors (Lipinski definition) is 4. The molecule has 3 amide bonds. The van der Waals surface area contributed by atoms with Gasteiger partial charge in [0.15, 0.2) is 5.75 Å². The maximum Gasteiger partial charge on any atom is 0.329 e. The van der Waals surface area contributed by atoms with Crippen LogP contribution in [-0.4, -0.2) is 25.6 Å². The number of amides is 3. The van der Waals surface area contributed by atoms with Gasteiger partial charge in [-0.15, -0.1) is 0 Å². The molecule has 6 heteroatoms. The highest BCUT2D eigenvalue weighted by Gasteiger charge is 2.32. The molecule has 0 spiro atoms. The average molecular weight is 326 g/mol. The van der Waals surface area contributed by atoms with Crippen molar-refractivity contribution in [2.45, 2.75) is 13.3 Å². The van der Waals surface area contributed by atoms with Crippen LogP contribution in [0.5, 0.6) is 17.2 Å². The van der Waals surface area contributed by atoms with E-state index in [4.69, 9.17) is 9.47 Å². The molecule has 1 aliphatic heterocycles. The Morgan fingerprint density at radius 1 is 1.12 bits per heavy atom. The smallest absolute Gasteiger partial charge is 0.329 e. The molecule has 0 radical (unpaired) electrons. The number of carbonyl (C=O) groups is 2. The molecule has 0 saturated carbocycles. The quantitative estimate of drug-likeness (QED) is 0.857. The van der Waals surface area contributed by atoms with Gasteiger partial charge in [0.1, 0.15) is 11.5 Å². The number of carbonyl (C=O) groups excluding carboxylic acids is 2. The number of anilines is 1. The summed E-state index contributed by atoms with van der Waals surface area (Å²) < 4.78 is 11.2. The maximum absolute atomic E-state index is 12.1. The van der Waals surface area contributed by atoms with Gasteiger partial charge in [-0.25, -0.2) is 9.69 Å². The molecular weight excluding hydrogens is 308 g/mol. The zero-order valence-corrected chi connectivity index (χ0v) is 13.5. The van der Waals surface area contributed by atoms with Crippen LogP contribution in [0.3, 0.4) is 0 Å². The fraction of sp³-hybridized carbons (Fsp3) is 0.222. The Morgan fingerprint density at radius 3 is 2.54 bits per heavy atom. The van der Waals surface area contributed by atoms with E-state index >= 15 is 0 Å². The van der Waals surface area contributed by atoms with Crippen molar-refractivity contribution in [2.24, 2.45) is 0 Å². The highest BCUT2D eigenvalue weighted by molar-refractivity contribution is 6.20. The molecule has 3 rings (SSSR count). The summed E-state index contributed by atoms with van der Waals surface area (Å²) in [7, 11) is 1.58. The van der Waals surface area contributed by atoms with Crippen LogP contribution in [-0.2, 0) is 11.2 Å². The third kappa shape index (κ3) is 2.90. The molecule has 1 aliphatic rings. The Balaban J connectivity index is 2.05. The van der Waals surface area contributed by atoms with Crippen LogP contribution < -0.4 is 19.7 Å². The lowest BCUT2D eigenvalue weighted by atomic mass is 10.1. The third-order valence-corrected chi connectivity index (χ3v) is 3.80. The molecule has 24 heavy (non-hydrogen) atoms. The van der Waals surface area contributed by atoms with Crippen molar-refractivity contribution in [3.63, 3.8) is 0 Å². The number of hydrogen-bond donors (Lipinski definition) is 1. The Kier molecular flexibility index (Phi) is 4.37. The van der Waals surface area contributed by atoms with Crippen LogP contribution in [0, 0.1) is 0 Å². The first kappa shape index (κ1) is 15.9. The second kappa shape index (κ2) is 6.62. The summed E-state index contributed by atoms with van der Waals surface area (Å²) in [6.07, 6.45) is 0.705. The van der Waals surface area contributed by atoms with Crippen molar-refractivity contribution in [3.05, 3.63) is 48.0 Å². The van der Waals surface area contributed by atoms with Gasteiger partial charge in [-0.05, 0) is 30.2 Å². The van der Waals surface area contributed by atoms with Gasteiger partial charge in [0.05, 0.1) is 19.3 Å². The topological polar surface area (TPSA) is 67.9 Å². The molecule has 2 aromatic carbocycles. The molecule has 0 unspecified atom stereocenters. The van der Waals surface area contributed by atoms with E-state index in [0.717, 1.165) is 10.5 Å². The summed E-state index contributed by atoms with van der Waals surface area (Å²) in [6.45, 7) is 1.98. The summed E-state index contributed by atoms with van der Waals surface area (Å²) in [5.41, 5.74) is 1.35. The summed E-state index contributed by atoms with van der Waals surface area (Å²) in [6, 6.07) is 12.2. The summed E-state index contributed by atoms with van der Waals surface area (Å²) in [5.74, 6) is 1.43. The number of ether oxygens (including phenoxy) is 2. The number of aryl methyl sites for hydroxylation is 1. The number of benzene rings is 2. The Hall–Kier alpha value is -3.02. The lowest BCUT2D eigenvalue weighted by molar-refractivity contribution is -0.115. The highest BCUT2D eigenvalue weighted by atomic mass is 16.5. The second-order valence-electron chi connectivity index (χ2n) is 5.29. The summed E-state index contributed by atoms with van der Waals surface area (Å²) >= 11 is 0. The van der Waals surface area contributed by atoms with Crippen molar-refractivity contribution in [3.8, 4) is 17.2 Å². The van der Waals surface area contributed by atoms with Crippen molar-refractivity contribution < 1.29 is 19.1 Å². The van der Waals surface area contributed by atoms with E-state index < -0.39 is 6.03 Å². The highest BCUT2D eigenvalue weighted by Crippen LogP contribution is 2.37. The predicted molar refractivity (Wildman–Crippen MR) is 89.8 cm³/mol. The number of rotatable bonds is 5. The summed E-state index contributed by atoms with van der Waals surface area (Å²) in [5, 5.41) is 2.53.